The fraction of sp³-hybridized carbons (Fsp3) is 0.300. The van der Waals surface area contributed by atoms with Crippen LogP contribution < -0.4 is 20.3 Å². The first-order valence-corrected chi connectivity index (χ1v) is 8.76. The van der Waals surface area contributed by atoms with Gasteiger partial charge in [-0.1, -0.05) is 13.0 Å². The fourth-order valence-corrected chi connectivity index (χ4v) is 3.06. The minimum Gasteiger partial charge on any atom is -0.497 e. The summed E-state index contributed by atoms with van der Waals surface area (Å²) in [6.45, 7) is 3.21. The van der Waals surface area contributed by atoms with Gasteiger partial charge in [0.2, 0.25) is 0 Å². The van der Waals surface area contributed by atoms with E-state index in [-0.39, 0.29) is 11.9 Å². The van der Waals surface area contributed by atoms with Crippen molar-refractivity contribution >= 4 is 23.3 Å². The lowest BCUT2D eigenvalue weighted by Gasteiger charge is -2.18. The number of anilines is 2. The first-order valence-electron chi connectivity index (χ1n) is 8.76. The lowest BCUT2D eigenvalue weighted by atomic mass is 10.0. The number of carbonyl (C=O) groups is 2. The lowest BCUT2D eigenvalue weighted by molar-refractivity contribution is 0.0953. The van der Waals surface area contributed by atoms with E-state index < -0.39 is 0 Å². The quantitative estimate of drug-likeness (QED) is 0.865. The van der Waals surface area contributed by atoms with Crippen molar-refractivity contribution in [1.29, 1.82) is 0 Å². The van der Waals surface area contributed by atoms with Crippen LogP contribution in [0.15, 0.2) is 42.5 Å². The predicted molar refractivity (Wildman–Crippen MR) is 102 cm³/mol. The molecule has 6 heteroatoms. The number of benzene rings is 2. The summed E-state index contributed by atoms with van der Waals surface area (Å²) < 4.78 is 5.12. The van der Waals surface area contributed by atoms with Gasteiger partial charge in [-0.25, -0.2) is 4.79 Å². The molecule has 1 aliphatic heterocycles. The van der Waals surface area contributed by atoms with E-state index in [1.807, 2.05) is 25.1 Å². The number of carbonyl (C=O) groups excluding carboxylic acids is 2. The molecule has 0 aromatic heterocycles. The van der Waals surface area contributed by atoms with E-state index >= 15 is 0 Å². The van der Waals surface area contributed by atoms with Crippen LogP contribution in [0.1, 0.15) is 29.3 Å². The molecule has 1 heterocycles. The number of hydrogen-bond donors (Lipinski definition) is 2. The van der Waals surface area contributed by atoms with Gasteiger partial charge in [0, 0.05) is 30.0 Å². The summed E-state index contributed by atoms with van der Waals surface area (Å²) in [4.78, 5) is 26.7. The molecule has 2 aromatic rings. The van der Waals surface area contributed by atoms with Crippen LogP contribution >= 0.6 is 0 Å². The number of fused-ring (bicyclic) bond motifs is 1. The first kappa shape index (κ1) is 17.8. The van der Waals surface area contributed by atoms with Gasteiger partial charge in [0.1, 0.15) is 5.75 Å². The summed E-state index contributed by atoms with van der Waals surface area (Å²) in [5, 5.41) is 5.79. The molecule has 2 aromatic carbocycles. The maximum Gasteiger partial charge on any atom is 0.326 e. The molecule has 0 aliphatic carbocycles. The van der Waals surface area contributed by atoms with E-state index in [0.29, 0.717) is 30.8 Å². The Bertz CT molecular complexity index is 802. The van der Waals surface area contributed by atoms with Crippen LogP contribution in [0.5, 0.6) is 5.75 Å². The molecule has 3 amide bonds. The Morgan fingerprint density at radius 2 is 1.92 bits per heavy atom. The van der Waals surface area contributed by atoms with Crippen molar-refractivity contribution in [2.75, 3.05) is 30.4 Å². The first-order chi connectivity index (χ1) is 12.6. The zero-order chi connectivity index (χ0) is 18.5. The lowest BCUT2D eigenvalue weighted by Crippen LogP contribution is -2.33. The van der Waals surface area contributed by atoms with Gasteiger partial charge in [0.05, 0.1) is 7.11 Å². The molecule has 0 radical (unpaired) electrons. The topological polar surface area (TPSA) is 70.7 Å². The summed E-state index contributed by atoms with van der Waals surface area (Å²) in [6.07, 6.45) is 1.55. The fourth-order valence-electron chi connectivity index (χ4n) is 3.06. The maximum absolute atomic E-state index is 12.7. The Labute approximate surface area is 153 Å². The Hall–Kier alpha value is -3.02. The monoisotopic (exact) mass is 353 g/mol. The van der Waals surface area contributed by atoms with Crippen LogP contribution in [0.2, 0.25) is 0 Å². The van der Waals surface area contributed by atoms with Crippen LogP contribution in [0, 0.1) is 0 Å². The van der Waals surface area contributed by atoms with Crippen LogP contribution in [0.4, 0.5) is 16.2 Å². The normalized spacial score (nSPS) is 12.5. The molecule has 0 bridgehead atoms. The molecule has 0 unspecified atom stereocenters. The summed E-state index contributed by atoms with van der Waals surface area (Å²) in [5.74, 6) is 0.651. The second kappa shape index (κ2) is 7.91. The van der Waals surface area contributed by atoms with Crippen LogP contribution in [0.3, 0.4) is 0 Å². The maximum atomic E-state index is 12.7. The number of ether oxygens (including phenoxy) is 1. The number of hydrogen-bond acceptors (Lipinski definition) is 3. The Kier molecular flexibility index (Phi) is 5.41. The summed E-state index contributed by atoms with van der Waals surface area (Å²) in [7, 11) is 1.60. The zero-order valence-electron chi connectivity index (χ0n) is 15.0. The molecule has 0 spiro atoms. The molecule has 136 valence electrons. The van der Waals surface area contributed by atoms with Gasteiger partial charge in [-0.3, -0.25) is 9.69 Å². The van der Waals surface area contributed by atoms with Crippen LogP contribution in [-0.2, 0) is 6.42 Å². The minimum absolute atomic E-state index is 0.0823. The highest BCUT2D eigenvalue weighted by Gasteiger charge is 2.28. The van der Waals surface area contributed by atoms with Crippen LogP contribution in [-0.4, -0.2) is 32.1 Å². The number of nitrogens with zero attached hydrogens (tertiary/aromatic N) is 1. The van der Waals surface area contributed by atoms with Gasteiger partial charge in [0.15, 0.2) is 0 Å². The highest BCUT2D eigenvalue weighted by atomic mass is 16.5. The Morgan fingerprint density at radius 1 is 1.15 bits per heavy atom. The molecule has 6 nitrogen and oxygen atoms in total. The third-order valence-electron chi connectivity index (χ3n) is 4.39. The van der Waals surface area contributed by atoms with Crippen LogP contribution in [0.25, 0.3) is 0 Å². The second-order valence-corrected chi connectivity index (χ2v) is 6.12. The Morgan fingerprint density at radius 3 is 2.62 bits per heavy atom. The van der Waals surface area contributed by atoms with Gasteiger partial charge in [-0.2, -0.15) is 0 Å². The number of urea groups is 1. The van der Waals surface area contributed by atoms with E-state index in [1.165, 1.54) is 0 Å². The van der Waals surface area contributed by atoms with Crippen molar-refractivity contribution in [3.63, 3.8) is 0 Å². The molecule has 1 aliphatic rings. The molecule has 26 heavy (non-hydrogen) atoms. The third-order valence-corrected chi connectivity index (χ3v) is 4.39. The molecular weight excluding hydrogens is 330 g/mol. The van der Waals surface area contributed by atoms with Gasteiger partial charge < -0.3 is 15.4 Å². The molecule has 0 atom stereocenters. The smallest absolute Gasteiger partial charge is 0.326 e. The second-order valence-electron chi connectivity index (χ2n) is 6.12. The van der Waals surface area contributed by atoms with E-state index in [1.54, 1.807) is 36.3 Å². The van der Waals surface area contributed by atoms with Crippen molar-refractivity contribution in [3.05, 3.63) is 53.6 Å². The Balaban J connectivity index is 1.76. The van der Waals surface area contributed by atoms with Gasteiger partial charge >= 0.3 is 6.03 Å². The molecular formula is C20H23N3O3. The van der Waals surface area contributed by atoms with E-state index in [9.17, 15) is 9.59 Å². The molecule has 0 saturated carbocycles. The molecule has 0 fully saturated rings. The van der Waals surface area contributed by atoms with Crippen molar-refractivity contribution in [3.8, 4) is 5.75 Å². The number of methoxy groups -OCH3 is 1. The van der Waals surface area contributed by atoms with Gasteiger partial charge in [-0.15, -0.1) is 0 Å². The number of nitrogens with one attached hydrogen (secondary N) is 2. The van der Waals surface area contributed by atoms with Crippen molar-refractivity contribution in [2.24, 2.45) is 0 Å². The standard InChI is InChI=1S/C20H23N3O3/c1-3-12-21-19(24)17-5-4-6-18-16(17)11-13-23(18)20(25)22-14-7-9-15(26-2)10-8-14/h4-10H,3,11-13H2,1-2H3,(H,21,24)(H,22,25). The van der Waals surface area contributed by atoms with E-state index in [2.05, 4.69) is 10.6 Å². The van der Waals surface area contributed by atoms with Crippen molar-refractivity contribution < 1.29 is 14.3 Å². The summed E-state index contributed by atoms with van der Waals surface area (Å²) >= 11 is 0. The zero-order valence-corrected chi connectivity index (χ0v) is 15.0. The average Bonchev–Trinajstić information content (AvgIpc) is 3.11. The highest BCUT2D eigenvalue weighted by molar-refractivity contribution is 6.05. The molecule has 2 N–H and O–H groups in total. The summed E-state index contributed by atoms with van der Waals surface area (Å²) in [5.41, 5.74) is 3.06. The van der Waals surface area contributed by atoms with E-state index in [0.717, 1.165) is 23.4 Å². The third kappa shape index (κ3) is 3.64. The predicted octanol–water partition coefficient (Wildman–Crippen LogP) is 3.43. The number of amides is 3. The van der Waals surface area contributed by atoms with Crippen molar-refractivity contribution in [2.45, 2.75) is 19.8 Å². The molecule has 3 rings (SSSR count). The van der Waals surface area contributed by atoms with Crippen molar-refractivity contribution in [1.82, 2.24) is 5.32 Å². The SMILES string of the molecule is CCCNC(=O)c1cccc2c1CCN2C(=O)Nc1ccc(OC)cc1. The minimum atomic E-state index is -0.208. The highest BCUT2D eigenvalue weighted by Crippen LogP contribution is 2.31. The number of rotatable bonds is 5. The summed E-state index contributed by atoms with van der Waals surface area (Å²) in [6, 6.07) is 12.5. The molecule has 0 saturated heterocycles. The largest absolute Gasteiger partial charge is 0.497 e. The average molecular weight is 353 g/mol. The van der Waals surface area contributed by atoms with Gasteiger partial charge in [0.25, 0.3) is 5.91 Å². The van der Waals surface area contributed by atoms with Gasteiger partial charge in [-0.05, 0) is 54.8 Å². The van der Waals surface area contributed by atoms with E-state index in [4.69, 9.17) is 4.74 Å².